The van der Waals surface area contributed by atoms with Crippen LogP contribution in [0.25, 0.3) is 0 Å². The molecular weight excluding hydrogens is 276 g/mol. The zero-order valence-corrected chi connectivity index (χ0v) is 16.1. The maximum absolute atomic E-state index is 5.62. The maximum atomic E-state index is 5.62. The number of rotatable bonds is 1. The lowest BCUT2D eigenvalue weighted by molar-refractivity contribution is -0.0764. The molecule has 0 radical (unpaired) electrons. The quantitative estimate of drug-likeness (QED) is 0.693. The van der Waals surface area contributed by atoms with Gasteiger partial charge in [0, 0.05) is 32.2 Å². The minimum Gasteiger partial charge on any atom is -0.379 e. The highest BCUT2D eigenvalue weighted by atomic mass is 16.5. The van der Waals surface area contributed by atoms with Crippen molar-refractivity contribution in [3.63, 3.8) is 0 Å². The Morgan fingerprint density at radius 3 is 1.64 bits per heavy atom. The Balaban J connectivity index is 0. The zero-order valence-electron chi connectivity index (χ0n) is 16.1. The Bertz CT molecular complexity index is 221. The molecule has 22 heavy (non-hydrogen) atoms. The lowest BCUT2D eigenvalue weighted by Gasteiger charge is -2.37. The third-order valence-electron chi connectivity index (χ3n) is 3.41. The third-order valence-corrected chi connectivity index (χ3v) is 3.41. The first-order valence-corrected chi connectivity index (χ1v) is 8.64. The lowest BCUT2D eigenvalue weighted by Crippen LogP contribution is -2.48. The van der Waals surface area contributed by atoms with Gasteiger partial charge < -0.3 is 14.4 Å². The normalized spacial score (nSPS) is 25.8. The van der Waals surface area contributed by atoms with Crippen molar-refractivity contribution in [2.45, 2.75) is 59.8 Å². The Hall–Kier alpha value is -0.420. The van der Waals surface area contributed by atoms with Crippen LogP contribution in [0, 0.1) is 0 Å². The minimum absolute atomic E-state index is 0.404. The van der Waals surface area contributed by atoms with E-state index in [1.54, 1.807) is 0 Å². The molecule has 0 aliphatic carbocycles. The second kappa shape index (κ2) is 15.5. The van der Waals surface area contributed by atoms with Gasteiger partial charge in [0.15, 0.2) is 0 Å². The van der Waals surface area contributed by atoms with Gasteiger partial charge in [0.1, 0.15) is 0 Å². The summed E-state index contributed by atoms with van der Waals surface area (Å²) in [5, 5.41) is 0. The van der Waals surface area contributed by atoms with Crippen LogP contribution in [0.5, 0.6) is 0 Å². The van der Waals surface area contributed by atoms with Crippen molar-refractivity contribution in [1.82, 2.24) is 9.80 Å². The van der Waals surface area contributed by atoms with Crippen molar-refractivity contribution in [2.75, 3.05) is 46.4 Å². The summed E-state index contributed by atoms with van der Waals surface area (Å²) in [4.78, 5) is 4.74. The van der Waals surface area contributed by atoms with Crippen LogP contribution < -0.4 is 0 Å². The molecule has 2 heterocycles. The van der Waals surface area contributed by atoms with Crippen molar-refractivity contribution in [2.24, 2.45) is 0 Å². The van der Waals surface area contributed by atoms with E-state index in [0.29, 0.717) is 18.2 Å². The van der Waals surface area contributed by atoms with Gasteiger partial charge in [-0.1, -0.05) is 13.8 Å². The molecule has 0 aromatic carbocycles. The zero-order chi connectivity index (χ0) is 17.5. The molecule has 2 fully saturated rings. The molecule has 0 amide bonds. The number of nitrogens with zero attached hydrogens (tertiary/aromatic N) is 2. The monoisotopic (exact) mass is 316 g/mol. The second-order valence-corrected chi connectivity index (χ2v) is 5.72. The van der Waals surface area contributed by atoms with Crippen LogP contribution in [0.3, 0.4) is 0 Å². The highest BCUT2D eigenvalue weighted by molar-refractivity contribution is 4.75. The minimum atomic E-state index is 0.404. The number of ether oxygens (including phenoxy) is 2. The fraction of sp³-hybridized carbons (Fsp3) is 0.889. The van der Waals surface area contributed by atoms with E-state index in [1.807, 2.05) is 13.8 Å². The van der Waals surface area contributed by atoms with E-state index in [9.17, 15) is 0 Å². The molecule has 4 heteroatoms. The summed E-state index contributed by atoms with van der Waals surface area (Å²) in [5.41, 5.74) is 0. The van der Waals surface area contributed by atoms with Crippen LogP contribution in [-0.4, -0.2) is 74.5 Å². The molecule has 2 aliphatic heterocycles. The molecule has 2 saturated heterocycles. The topological polar surface area (TPSA) is 24.9 Å². The largest absolute Gasteiger partial charge is 0.379 e. The first kappa shape index (κ1) is 23.8. The Morgan fingerprint density at radius 2 is 1.36 bits per heavy atom. The van der Waals surface area contributed by atoms with Gasteiger partial charge in [-0.2, -0.15) is 0 Å². The Kier molecular flexibility index (Phi) is 16.8. The number of morpholine rings is 2. The predicted octanol–water partition coefficient (Wildman–Crippen LogP) is 3.28. The van der Waals surface area contributed by atoms with Crippen LogP contribution in [0.2, 0.25) is 0 Å². The molecule has 0 aromatic rings. The van der Waals surface area contributed by atoms with Crippen molar-refractivity contribution < 1.29 is 9.47 Å². The van der Waals surface area contributed by atoms with E-state index in [-0.39, 0.29) is 0 Å². The maximum Gasteiger partial charge on any atom is 0.0678 e. The average molecular weight is 317 g/mol. The molecule has 0 spiro atoms. The molecule has 2 atom stereocenters. The summed E-state index contributed by atoms with van der Waals surface area (Å²) in [6, 6.07) is 0.656. The van der Waals surface area contributed by atoms with Crippen LogP contribution >= 0.6 is 0 Å². The molecule has 0 bridgehead atoms. The molecule has 2 rings (SSSR count). The van der Waals surface area contributed by atoms with Crippen molar-refractivity contribution in [1.29, 1.82) is 0 Å². The first-order chi connectivity index (χ1) is 10.5. The molecule has 0 aromatic heterocycles. The van der Waals surface area contributed by atoms with E-state index in [0.717, 1.165) is 39.4 Å². The first-order valence-electron chi connectivity index (χ1n) is 8.64. The number of hydrogen-bond donors (Lipinski definition) is 0. The summed E-state index contributed by atoms with van der Waals surface area (Å²) < 4.78 is 10.7. The van der Waals surface area contributed by atoms with Crippen LogP contribution in [0.15, 0.2) is 13.2 Å². The van der Waals surface area contributed by atoms with Gasteiger partial charge in [-0.25, -0.2) is 0 Å². The van der Waals surface area contributed by atoms with E-state index in [4.69, 9.17) is 9.47 Å². The van der Waals surface area contributed by atoms with Gasteiger partial charge >= 0.3 is 0 Å². The smallest absolute Gasteiger partial charge is 0.0678 e. The van der Waals surface area contributed by atoms with E-state index in [2.05, 4.69) is 57.7 Å². The number of hydrogen-bond acceptors (Lipinski definition) is 4. The fourth-order valence-electron chi connectivity index (χ4n) is 2.29. The highest BCUT2D eigenvalue weighted by Gasteiger charge is 2.23. The van der Waals surface area contributed by atoms with Crippen LogP contribution in [0.1, 0.15) is 41.5 Å². The highest BCUT2D eigenvalue weighted by Crippen LogP contribution is 2.12. The van der Waals surface area contributed by atoms with Crippen molar-refractivity contribution >= 4 is 0 Å². The molecule has 0 saturated carbocycles. The third kappa shape index (κ3) is 12.2. The number of likely N-dealkylation sites (N-methyl/N-ethyl adjacent to an activating group) is 1. The van der Waals surface area contributed by atoms with Gasteiger partial charge in [0.05, 0.1) is 25.4 Å². The van der Waals surface area contributed by atoms with E-state index >= 15 is 0 Å². The lowest BCUT2D eigenvalue weighted by atomic mass is 10.2. The Morgan fingerprint density at radius 1 is 0.955 bits per heavy atom. The van der Waals surface area contributed by atoms with E-state index in [1.165, 1.54) is 0 Å². The van der Waals surface area contributed by atoms with Gasteiger partial charge in [0.2, 0.25) is 0 Å². The fourth-order valence-corrected chi connectivity index (χ4v) is 2.29. The van der Waals surface area contributed by atoms with Gasteiger partial charge in [-0.15, -0.1) is 13.2 Å². The van der Waals surface area contributed by atoms with Crippen molar-refractivity contribution in [3.8, 4) is 0 Å². The summed E-state index contributed by atoms with van der Waals surface area (Å²) in [6.07, 6.45) is 0.808. The summed E-state index contributed by atoms with van der Waals surface area (Å²) in [5.74, 6) is 0. The van der Waals surface area contributed by atoms with Gasteiger partial charge in [0.25, 0.3) is 0 Å². The van der Waals surface area contributed by atoms with Crippen molar-refractivity contribution in [3.05, 3.63) is 13.2 Å². The molecule has 2 aliphatic rings. The molecule has 134 valence electrons. The SMILES string of the molecule is C=C.CC.CC(C)N1C[C@@H](C)O[C@@H](C)C1.CN1CCOCC1. The van der Waals surface area contributed by atoms with Gasteiger partial charge in [-0.05, 0) is 34.7 Å². The summed E-state index contributed by atoms with van der Waals surface area (Å²) in [6.45, 7) is 25.0. The van der Waals surface area contributed by atoms with Gasteiger partial charge in [-0.3, -0.25) is 4.90 Å². The summed E-state index contributed by atoms with van der Waals surface area (Å²) in [7, 11) is 2.11. The predicted molar refractivity (Wildman–Crippen MR) is 97.6 cm³/mol. The summed E-state index contributed by atoms with van der Waals surface area (Å²) >= 11 is 0. The molecule has 0 N–H and O–H groups in total. The van der Waals surface area contributed by atoms with Crippen LogP contribution in [-0.2, 0) is 9.47 Å². The van der Waals surface area contributed by atoms with E-state index < -0.39 is 0 Å². The average Bonchev–Trinajstić information content (AvgIpc) is 2.52. The standard InChI is InChI=1S/C9H19NO.C5H11NO.C2H6.C2H4/c1-7(2)10-5-8(3)11-9(4)6-10;1-6-2-4-7-5-3-6;2*1-2/h7-9H,5-6H2,1-4H3;2-5H2,1H3;1-2H3;1-2H2/t8-,9+;;;. The Labute approximate surface area is 139 Å². The molecular formula is C18H40N2O2. The van der Waals surface area contributed by atoms with Crippen LogP contribution in [0.4, 0.5) is 0 Å². The molecule has 4 nitrogen and oxygen atoms in total. The molecule has 0 unspecified atom stereocenters. The second-order valence-electron chi connectivity index (χ2n) is 5.72.